The number of ether oxygens (including phenoxy) is 1. The van der Waals surface area contributed by atoms with E-state index >= 15 is 0 Å². The minimum atomic E-state index is -0.484. The topological polar surface area (TPSA) is 60.2 Å². The van der Waals surface area contributed by atoms with E-state index in [1.807, 2.05) is 18.7 Å². The van der Waals surface area contributed by atoms with Gasteiger partial charge in [-0.25, -0.2) is 4.98 Å². The molecular formula is C10H17N3O2S. The fourth-order valence-corrected chi connectivity index (χ4v) is 2.69. The second kappa shape index (κ2) is 5.65. The van der Waals surface area contributed by atoms with Crippen LogP contribution in [0.4, 0.5) is 0 Å². The fourth-order valence-electron chi connectivity index (χ4n) is 1.76. The highest BCUT2D eigenvalue weighted by molar-refractivity contribution is 7.99. The zero-order valence-electron chi connectivity index (χ0n) is 9.37. The van der Waals surface area contributed by atoms with Gasteiger partial charge in [-0.05, 0) is 6.92 Å². The number of aliphatic hydroxyl groups excluding tert-OH is 1. The third kappa shape index (κ3) is 2.75. The predicted octanol–water partition coefficient (Wildman–Crippen LogP) is 0.333. The number of aliphatic hydroxyl groups is 1. The molecule has 1 aromatic rings. The Balaban J connectivity index is 1.93. The molecule has 16 heavy (non-hydrogen) atoms. The molecule has 0 radical (unpaired) electrons. The van der Waals surface area contributed by atoms with Crippen molar-refractivity contribution in [2.24, 2.45) is 0 Å². The van der Waals surface area contributed by atoms with E-state index in [4.69, 9.17) is 4.74 Å². The van der Waals surface area contributed by atoms with Crippen molar-refractivity contribution in [2.75, 3.05) is 18.1 Å². The maximum absolute atomic E-state index is 10.0. The molecule has 0 aliphatic carbocycles. The number of aryl methyl sites for hydroxylation is 1. The van der Waals surface area contributed by atoms with Crippen molar-refractivity contribution in [3.05, 3.63) is 12.2 Å². The summed E-state index contributed by atoms with van der Waals surface area (Å²) in [5.41, 5.74) is 0. The third-order valence-electron chi connectivity index (χ3n) is 2.66. The van der Waals surface area contributed by atoms with Gasteiger partial charge in [0.15, 0.2) is 0 Å². The maximum Gasteiger partial charge on any atom is 0.138 e. The molecule has 1 saturated heterocycles. The summed E-state index contributed by atoms with van der Waals surface area (Å²) in [5.74, 6) is 2.71. The summed E-state index contributed by atoms with van der Waals surface area (Å²) < 4.78 is 7.34. The summed E-state index contributed by atoms with van der Waals surface area (Å²) in [7, 11) is 0. The molecule has 2 rings (SSSR count). The molecular weight excluding hydrogens is 226 g/mol. The minimum Gasteiger partial charge on any atom is -0.390 e. The lowest BCUT2D eigenvalue weighted by atomic mass is 10.1. The number of thioether (sulfide) groups is 1. The van der Waals surface area contributed by atoms with Gasteiger partial charge in [0.1, 0.15) is 12.2 Å². The molecule has 0 spiro atoms. The summed E-state index contributed by atoms with van der Waals surface area (Å²) in [6.07, 6.45) is 1.49. The molecule has 1 aliphatic rings. The number of hydrogen-bond acceptors (Lipinski definition) is 5. The molecule has 5 nitrogen and oxygen atoms in total. The lowest BCUT2D eigenvalue weighted by molar-refractivity contribution is -0.0219. The van der Waals surface area contributed by atoms with Crippen LogP contribution in [0.25, 0.3) is 0 Å². The fraction of sp³-hybridized carbons (Fsp3) is 0.800. The van der Waals surface area contributed by atoms with Crippen molar-refractivity contribution < 1.29 is 9.84 Å². The van der Waals surface area contributed by atoms with Crippen LogP contribution in [0.5, 0.6) is 0 Å². The van der Waals surface area contributed by atoms with Gasteiger partial charge in [0.05, 0.1) is 18.8 Å². The summed E-state index contributed by atoms with van der Waals surface area (Å²) in [6, 6.07) is 0. The van der Waals surface area contributed by atoms with Crippen molar-refractivity contribution in [1.29, 1.82) is 0 Å². The van der Waals surface area contributed by atoms with Crippen LogP contribution >= 0.6 is 11.8 Å². The van der Waals surface area contributed by atoms with E-state index in [1.54, 1.807) is 4.68 Å². The van der Waals surface area contributed by atoms with Crippen LogP contribution in [-0.4, -0.2) is 50.2 Å². The van der Waals surface area contributed by atoms with E-state index in [9.17, 15) is 5.11 Å². The standard InChI is InChI=1S/C10H17N3O2S/c1-2-13-10(11-7-12-13)5-8(14)9-6-16-4-3-15-9/h7-9,14H,2-6H2,1H3. The Morgan fingerprint density at radius 3 is 3.31 bits per heavy atom. The summed E-state index contributed by atoms with van der Waals surface area (Å²) in [6.45, 7) is 3.52. The molecule has 0 saturated carbocycles. The van der Waals surface area contributed by atoms with Crippen LogP contribution in [-0.2, 0) is 17.7 Å². The van der Waals surface area contributed by atoms with Gasteiger partial charge >= 0.3 is 0 Å². The van der Waals surface area contributed by atoms with Gasteiger partial charge in [-0.2, -0.15) is 16.9 Å². The van der Waals surface area contributed by atoms with E-state index in [0.29, 0.717) is 6.42 Å². The smallest absolute Gasteiger partial charge is 0.138 e. The number of hydrogen-bond donors (Lipinski definition) is 1. The zero-order valence-corrected chi connectivity index (χ0v) is 10.2. The van der Waals surface area contributed by atoms with Crippen LogP contribution in [0.1, 0.15) is 12.7 Å². The van der Waals surface area contributed by atoms with Gasteiger partial charge in [0.25, 0.3) is 0 Å². The Hall–Kier alpha value is -0.590. The molecule has 2 atom stereocenters. The monoisotopic (exact) mass is 243 g/mol. The van der Waals surface area contributed by atoms with Crippen molar-refractivity contribution in [1.82, 2.24) is 14.8 Å². The van der Waals surface area contributed by atoms with Crippen LogP contribution in [0.3, 0.4) is 0 Å². The molecule has 6 heteroatoms. The van der Waals surface area contributed by atoms with Crippen molar-refractivity contribution in [3.63, 3.8) is 0 Å². The first-order valence-electron chi connectivity index (χ1n) is 5.55. The molecule has 1 aromatic heterocycles. The van der Waals surface area contributed by atoms with Gasteiger partial charge in [-0.3, -0.25) is 4.68 Å². The zero-order chi connectivity index (χ0) is 11.4. The largest absolute Gasteiger partial charge is 0.390 e. The Bertz CT molecular complexity index is 326. The maximum atomic E-state index is 10.0. The third-order valence-corrected chi connectivity index (χ3v) is 3.68. The molecule has 1 aliphatic heterocycles. The Morgan fingerprint density at radius 2 is 2.62 bits per heavy atom. The number of aromatic nitrogens is 3. The van der Waals surface area contributed by atoms with Crippen LogP contribution < -0.4 is 0 Å². The molecule has 0 amide bonds. The summed E-state index contributed by atoms with van der Waals surface area (Å²) >= 11 is 1.83. The first-order chi connectivity index (χ1) is 7.81. The minimum absolute atomic E-state index is 0.0687. The quantitative estimate of drug-likeness (QED) is 0.826. The Morgan fingerprint density at radius 1 is 1.75 bits per heavy atom. The van der Waals surface area contributed by atoms with E-state index in [2.05, 4.69) is 10.1 Å². The molecule has 0 aromatic carbocycles. The van der Waals surface area contributed by atoms with Crippen LogP contribution in [0, 0.1) is 0 Å². The predicted molar refractivity (Wildman–Crippen MR) is 62.5 cm³/mol. The van der Waals surface area contributed by atoms with Crippen molar-refractivity contribution >= 4 is 11.8 Å². The van der Waals surface area contributed by atoms with E-state index in [1.165, 1.54) is 6.33 Å². The Kier molecular flexibility index (Phi) is 4.20. The molecule has 1 N–H and O–H groups in total. The normalized spacial score (nSPS) is 23.2. The summed E-state index contributed by atoms with van der Waals surface area (Å²) in [5, 5.41) is 14.1. The second-order valence-corrected chi connectivity index (χ2v) is 4.90. The van der Waals surface area contributed by atoms with E-state index in [-0.39, 0.29) is 6.10 Å². The van der Waals surface area contributed by atoms with Gasteiger partial charge < -0.3 is 9.84 Å². The van der Waals surface area contributed by atoms with Gasteiger partial charge in [0.2, 0.25) is 0 Å². The highest BCUT2D eigenvalue weighted by atomic mass is 32.2. The number of rotatable bonds is 4. The van der Waals surface area contributed by atoms with Gasteiger partial charge in [-0.1, -0.05) is 0 Å². The first-order valence-corrected chi connectivity index (χ1v) is 6.70. The van der Waals surface area contributed by atoms with Crippen molar-refractivity contribution in [2.45, 2.75) is 32.1 Å². The Labute approximate surface area is 99.2 Å². The highest BCUT2D eigenvalue weighted by Gasteiger charge is 2.24. The molecule has 90 valence electrons. The molecule has 1 fully saturated rings. The SMILES string of the molecule is CCn1ncnc1CC(O)C1CSCCO1. The number of nitrogens with zero attached hydrogens (tertiary/aromatic N) is 3. The average Bonchev–Trinajstić information content (AvgIpc) is 2.77. The second-order valence-electron chi connectivity index (χ2n) is 3.75. The van der Waals surface area contributed by atoms with Crippen LogP contribution in [0.2, 0.25) is 0 Å². The average molecular weight is 243 g/mol. The lowest BCUT2D eigenvalue weighted by Crippen LogP contribution is -2.37. The van der Waals surface area contributed by atoms with E-state index in [0.717, 1.165) is 30.5 Å². The highest BCUT2D eigenvalue weighted by Crippen LogP contribution is 2.17. The van der Waals surface area contributed by atoms with Gasteiger partial charge in [-0.15, -0.1) is 0 Å². The van der Waals surface area contributed by atoms with E-state index < -0.39 is 6.10 Å². The molecule has 0 bridgehead atoms. The molecule has 2 heterocycles. The molecule has 2 unspecified atom stereocenters. The summed E-state index contributed by atoms with van der Waals surface area (Å²) in [4.78, 5) is 4.15. The van der Waals surface area contributed by atoms with Crippen molar-refractivity contribution in [3.8, 4) is 0 Å². The lowest BCUT2D eigenvalue weighted by Gasteiger charge is -2.26. The first kappa shape index (κ1) is 11.9. The van der Waals surface area contributed by atoms with Crippen LogP contribution in [0.15, 0.2) is 6.33 Å². The van der Waals surface area contributed by atoms with Gasteiger partial charge in [0, 0.05) is 24.5 Å².